The number of ether oxygens (including phenoxy) is 1. The van der Waals surface area contributed by atoms with Gasteiger partial charge in [-0.2, -0.15) is 0 Å². The predicted molar refractivity (Wildman–Crippen MR) is 137 cm³/mol. The number of carbonyl (C=O) groups excluding carboxylic acids is 1. The average molecular weight is 481 g/mol. The third kappa shape index (κ3) is 5.78. The topological polar surface area (TPSA) is 75.7 Å². The second-order valence-electron chi connectivity index (χ2n) is 8.51. The van der Waals surface area contributed by atoms with E-state index in [2.05, 4.69) is 19.2 Å². The van der Waals surface area contributed by atoms with Gasteiger partial charge in [0.05, 0.1) is 10.6 Å². The molecule has 1 N–H and O–H groups in total. The van der Waals surface area contributed by atoms with Crippen molar-refractivity contribution >= 4 is 27.3 Å². The van der Waals surface area contributed by atoms with Crippen molar-refractivity contribution in [2.75, 3.05) is 22.8 Å². The first-order valence-electron chi connectivity index (χ1n) is 11.3. The van der Waals surface area contributed by atoms with Crippen molar-refractivity contribution in [2.45, 2.75) is 45.4 Å². The van der Waals surface area contributed by atoms with E-state index in [-0.39, 0.29) is 29.9 Å². The van der Waals surface area contributed by atoms with E-state index in [1.54, 1.807) is 55.5 Å². The number of nitrogens with one attached hydrogen (secondary N) is 1. The SMILES string of the molecule is CCN(c1ccc(OCC(=O)Nc2c(C)cccc2C(C)C)cc1)S(=O)(=O)c1ccc(C)cc1. The van der Waals surface area contributed by atoms with Gasteiger partial charge in [0.2, 0.25) is 0 Å². The quantitative estimate of drug-likeness (QED) is 0.429. The number of hydrogen-bond acceptors (Lipinski definition) is 4. The Bertz CT molecular complexity index is 1230. The van der Waals surface area contributed by atoms with Crippen LogP contribution >= 0.6 is 0 Å². The van der Waals surface area contributed by atoms with Gasteiger partial charge in [0.15, 0.2) is 6.61 Å². The lowest BCUT2D eigenvalue weighted by atomic mass is 9.98. The summed E-state index contributed by atoms with van der Waals surface area (Å²) in [6, 6.07) is 19.5. The Hall–Kier alpha value is -3.32. The summed E-state index contributed by atoms with van der Waals surface area (Å²) in [7, 11) is -3.68. The lowest BCUT2D eigenvalue weighted by Crippen LogP contribution is -2.30. The van der Waals surface area contributed by atoms with Crippen molar-refractivity contribution in [1.82, 2.24) is 0 Å². The Morgan fingerprint density at radius 3 is 2.21 bits per heavy atom. The van der Waals surface area contributed by atoms with Crippen LogP contribution in [-0.2, 0) is 14.8 Å². The van der Waals surface area contributed by atoms with Gasteiger partial charge in [-0.3, -0.25) is 9.10 Å². The fourth-order valence-corrected chi connectivity index (χ4v) is 5.18. The third-order valence-electron chi connectivity index (χ3n) is 5.58. The summed E-state index contributed by atoms with van der Waals surface area (Å²) in [6.07, 6.45) is 0. The monoisotopic (exact) mass is 480 g/mol. The largest absolute Gasteiger partial charge is 0.484 e. The molecule has 34 heavy (non-hydrogen) atoms. The minimum Gasteiger partial charge on any atom is -0.484 e. The van der Waals surface area contributed by atoms with Gasteiger partial charge in [-0.05, 0) is 74.2 Å². The van der Waals surface area contributed by atoms with Crippen LogP contribution in [0.2, 0.25) is 0 Å². The molecule has 0 atom stereocenters. The highest BCUT2D eigenvalue weighted by Gasteiger charge is 2.23. The molecular weight excluding hydrogens is 448 g/mol. The van der Waals surface area contributed by atoms with E-state index in [1.165, 1.54) is 4.31 Å². The second-order valence-corrected chi connectivity index (χ2v) is 10.4. The first kappa shape index (κ1) is 25.3. The maximum atomic E-state index is 13.1. The van der Waals surface area contributed by atoms with E-state index in [0.717, 1.165) is 22.4 Å². The molecule has 3 aromatic carbocycles. The van der Waals surface area contributed by atoms with Gasteiger partial charge in [-0.25, -0.2) is 8.42 Å². The minimum absolute atomic E-state index is 0.148. The number of anilines is 2. The molecule has 0 aliphatic heterocycles. The molecule has 0 radical (unpaired) electrons. The molecule has 0 aliphatic rings. The summed E-state index contributed by atoms with van der Waals surface area (Å²) in [4.78, 5) is 12.8. The standard InChI is InChI=1S/C27H32N2O4S/c1-6-29(34(31,32)24-16-10-20(4)11-17-24)22-12-14-23(15-13-22)33-18-26(30)28-27-21(5)8-7-9-25(27)19(2)3/h7-17,19H,6,18H2,1-5H3,(H,28,30). The van der Waals surface area contributed by atoms with Crippen LogP contribution in [0.15, 0.2) is 71.6 Å². The Morgan fingerprint density at radius 1 is 0.971 bits per heavy atom. The van der Waals surface area contributed by atoms with Crippen LogP contribution in [0.5, 0.6) is 5.75 Å². The normalized spacial score (nSPS) is 11.4. The zero-order valence-corrected chi connectivity index (χ0v) is 21.1. The average Bonchev–Trinajstić information content (AvgIpc) is 2.80. The van der Waals surface area contributed by atoms with Crippen LogP contribution in [0.1, 0.15) is 43.4 Å². The molecule has 0 heterocycles. The Morgan fingerprint density at radius 2 is 1.62 bits per heavy atom. The van der Waals surface area contributed by atoms with E-state index >= 15 is 0 Å². The van der Waals surface area contributed by atoms with Crippen LogP contribution in [0.25, 0.3) is 0 Å². The van der Waals surface area contributed by atoms with Crippen molar-refractivity contribution in [3.8, 4) is 5.75 Å². The van der Waals surface area contributed by atoms with E-state index in [1.807, 2.05) is 32.0 Å². The van der Waals surface area contributed by atoms with Crippen molar-refractivity contribution < 1.29 is 17.9 Å². The van der Waals surface area contributed by atoms with Crippen LogP contribution < -0.4 is 14.4 Å². The zero-order chi connectivity index (χ0) is 24.9. The highest BCUT2D eigenvalue weighted by molar-refractivity contribution is 7.92. The molecular formula is C27H32N2O4S. The molecule has 3 rings (SSSR count). The molecule has 0 saturated heterocycles. The van der Waals surface area contributed by atoms with Crippen molar-refractivity contribution in [2.24, 2.45) is 0 Å². The molecule has 0 aliphatic carbocycles. The minimum atomic E-state index is -3.68. The van der Waals surface area contributed by atoms with E-state index in [0.29, 0.717) is 11.4 Å². The number of para-hydroxylation sites is 1. The highest BCUT2D eigenvalue weighted by Crippen LogP contribution is 2.28. The first-order valence-corrected chi connectivity index (χ1v) is 12.8. The third-order valence-corrected chi connectivity index (χ3v) is 7.50. The van der Waals surface area contributed by atoms with Gasteiger partial charge in [0, 0.05) is 12.2 Å². The molecule has 7 heteroatoms. The summed E-state index contributed by atoms with van der Waals surface area (Å²) in [5.41, 5.74) is 4.42. The number of amides is 1. The van der Waals surface area contributed by atoms with Gasteiger partial charge in [-0.15, -0.1) is 0 Å². The van der Waals surface area contributed by atoms with Gasteiger partial charge >= 0.3 is 0 Å². The number of carbonyl (C=O) groups is 1. The lowest BCUT2D eigenvalue weighted by Gasteiger charge is -2.23. The molecule has 6 nitrogen and oxygen atoms in total. The van der Waals surface area contributed by atoms with Crippen LogP contribution in [0, 0.1) is 13.8 Å². The summed E-state index contributed by atoms with van der Waals surface area (Å²) in [5.74, 6) is 0.510. The summed E-state index contributed by atoms with van der Waals surface area (Å²) in [5, 5.41) is 2.96. The summed E-state index contributed by atoms with van der Waals surface area (Å²) >= 11 is 0. The van der Waals surface area contributed by atoms with Gasteiger partial charge in [0.25, 0.3) is 15.9 Å². The Balaban J connectivity index is 1.68. The van der Waals surface area contributed by atoms with Gasteiger partial charge in [-0.1, -0.05) is 49.7 Å². The van der Waals surface area contributed by atoms with E-state index in [4.69, 9.17) is 4.74 Å². The fourth-order valence-electron chi connectivity index (χ4n) is 3.70. The van der Waals surface area contributed by atoms with Crippen LogP contribution in [0.4, 0.5) is 11.4 Å². The Labute approximate surface area is 202 Å². The van der Waals surface area contributed by atoms with Crippen LogP contribution in [0.3, 0.4) is 0 Å². The van der Waals surface area contributed by atoms with Gasteiger partial charge < -0.3 is 10.1 Å². The van der Waals surface area contributed by atoms with Crippen molar-refractivity contribution in [3.63, 3.8) is 0 Å². The first-order chi connectivity index (χ1) is 16.1. The maximum absolute atomic E-state index is 13.1. The van der Waals surface area contributed by atoms with Crippen LogP contribution in [-0.4, -0.2) is 27.5 Å². The number of sulfonamides is 1. The molecule has 0 bridgehead atoms. The number of hydrogen-bond donors (Lipinski definition) is 1. The van der Waals surface area contributed by atoms with Crippen molar-refractivity contribution in [1.29, 1.82) is 0 Å². The predicted octanol–water partition coefficient (Wildman–Crippen LogP) is 5.66. The number of nitrogens with zero attached hydrogens (tertiary/aromatic N) is 1. The number of benzene rings is 3. The lowest BCUT2D eigenvalue weighted by molar-refractivity contribution is -0.118. The van der Waals surface area contributed by atoms with Crippen molar-refractivity contribution in [3.05, 3.63) is 83.4 Å². The molecule has 0 unspecified atom stereocenters. The zero-order valence-electron chi connectivity index (χ0n) is 20.3. The van der Waals surface area contributed by atoms with E-state index < -0.39 is 10.0 Å². The van der Waals surface area contributed by atoms with E-state index in [9.17, 15) is 13.2 Å². The maximum Gasteiger partial charge on any atom is 0.264 e. The molecule has 3 aromatic rings. The summed E-state index contributed by atoms with van der Waals surface area (Å²) < 4.78 is 33.2. The number of rotatable bonds is 9. The fraction of sp³-hybridized carbons (Fsp3) is 0.296. The molecule has 0 spiro atoms. The number of aryl methyl sites for hydroxylation is 2. The summed E-state index contributed by atoms with van der Waals surface area (Å²) in [6.45, 7) is 9.97. The molecule has 1 amide bonds. The molecule has 180 valence electrons. The smallest absolute Gasteiger partial charge is 0.264 e. The second kappa shape index (κ2) is 10.7. The Kier molecular flexibility index (Phi) is 7.99. The molecule has 0 aromatic heterocycles. The highest BCUT2D eigenvalue weighted by atomic mass is 32.2. The molecule has 0 saturated carbocycles. The molecule has 0 fully saturated rings. The van der Waals surface area contributed by atoms with Gasteiger partial charge in [0.1, 0.15) is 5.75 Å².